The number of para-hydroxylation sites is 1. The van der Waals surface area contributed by atoms with Crippen LogP contribution in [0.3, 0.4) is 0 Å². The Labute approximate surface area is 240 Å². The van der Waals surface area contributed by atoms with E-state index < -0.39 is 5.63 Å². The van der Waals surface area contributed by atoms with Gasteiger partial charge in [-0.25, -0.2) is 14.5 Å². The van der Waals surface area contributed by atoms with Gasteiger partial charge >= 0.3 is 5.63 Å². The van der Waals surface area contributed by atoms with Crippen LogP contribution in [0.15, 0.2) is 104 Å². The van der Waals surface area contributed by atoms with E-state index in [4.69, 9.17) is 21.1 Å². The Balaban J connectivity index is 1.43. The van der Waals surface area contributed by atoms with E-state index in [2.05, 4.69) is 27.0 Å². The van der Waals surface area contributed by atoms with E-state index in [1.165, 1.54) is 11.3 Å². The van der Waals surface area contributed by atoms with Crippen LogP contribution in [-0.4, -0.2) is 14.8 Å². The summed E-state index contributed by atoms with van der Waals surface area (Å²) in [6.07, 6.45) is 3.64. The molecule has 0 N–H and O–H groups in total. The summed E-state index contributed by atoms with van der Waals surface area (Å²) in [5, 5.41) is 18.5. The van der Waals surface area contributed by atoms with Gasteiger partial charge in [0.15, 0.2) is 0 Å². The Kier molecular flexibility index (Phi) is 6.71. The molecule has 188 valence electrons. The Bertz CT molecular complexity index is 1970. The molecular formula is C30H16BrClN4O2S. The van der Waals surface area contributed by atoms with Crippen molar-refractivity contribution in [2.45, 2.75) is 0 Å². The zero-order valence-corrected chi connectivity index (χ0v) is 23.2. The van der Waals surface area contributed by atoms with E-state index in [1.807, 2.05) is 60.8 Å². The summed E-state index contributed by atoms with van der Waals surface area (Å²) in [5.74, 6) is 0. The summed E-state index contributed by atoms with van der Waals surface area (Å²) in [4.78, 5) is 17.3. The Morgan fingerprint density at radius 3 is 2.64 bits per heavy atom. The molecule has 0 saturated carbocycles. The van der Waals surface area contributed by atoms with Gasteiger partial charge in [0.25, 0.3) is 0 Å². The molecule has 39 heavy (non-hydrogen) atoms. The molecule has 9 heteroatoms. The molecular weight excluding hydrogens is 596 g/mol. The average Bonchev–Trinajstić information content (AvgIpc) is 3.60. The maximum absolute atomic E-state index is 12.7. The van der Waals surface area contributed by atoms with Gasteiger partial charge in [0.2, 0.25) is 0 Å². The average molecular weight is 612 g/mol. The Morgan fingerprint density at radius 1 is 1.08 bits per heavy atom. The number of halogens is 2. The van der Waals surface area contributed by atoms with Gasteiger partial charge in [-0.05, 0) is 54.6 Å². The number of benzene rings is 3. The lowest BCUT2D eigenvalue weighted by Gasteiger charge is -2.01. The standard InChI is InChI=1S/C30H16BrClN4O2S/c31-22-8-11-27-19(13-22)14-25(30(37)38-27)26-17-39-29(34-26)20(15-33)12-21-16-36(24-4-2-1-3-5-24)35-28(21)18-6-9-23(32)10-7-18/h1-14,16-17H. The third-order valence-electron chi connectivity index (χ3n) is 6.01. The van der Waals surface area contributed by atoms with Gasteiger partial charge in [0, 0.05) is 37.6 Å². The number of hydrogen-bond donors (Lipinski definition) is 0. The first kappa shape index (κ1) is 25.0. The fourth-order valence-electron chi connectivity index (χ4n) is 4.13. The molecule has 0 saturated heterocycles. The fourth-order valence-corrected chi connectivity index (χ4v) is 5.42. The highest BCUT2D eigenvalue weighted by Gasteiger charge is 2.17. The molecule has 0 spiro atoms. The summed E-state index contributed by atoms with van der Waals surface area (Å²) < 4.78 is 8.15. The predicted octanol–water partition coefficient (Wildman–Crippen LogP) is 8.25. The van der Waals surface area contributed by atoms with Crippen LogP contribution in [0.4, 0.5) is 0 Å². The molecule has 6 nitrogen and oxygen atoms in total. The largest absolute Gasteiger partial charge is 0.422 e. The van der Waals surface area contributed by atoms with Crippen molar-refractivity contribution in [3.8, 4) is 34.3 Å². The topological polar surface area (TPSA) is 84.7 Å². The number of rotatable bonds is 5. The van der Waals surface area contributed by atoms with Crippen molar-refractivity contribution < 1.29 is 4.42 Å². The molecule has 3 aromatic heterocycles. The number of nitriles is 1. The molecule has 0 amide bonds. The predicted molar refractivity (Wildman–Crippen MR) is 159 cm³/mol. The lowest BCUT2D eigenvalue weighted by molar-refractivity contribution is 0.563. The van der Waals surface area contributed by atoms with Crippen LogP contribution in [0, 0.1) is 11.3 Å². The van der Waals surface area contributed by atoms with Crippen molar-refractivity contribution in [2.24, 2.45) is 0 Å². The number of allylic oxidation sites excluding steroid dienone is 1. The molecule has 0 fully saturated rings. The van der Waals surface area contributed by atoms with E-state index in [9.17, 15) is 10.1 Å². The van der Waals surface area contributed by atoms with Crippen molar-refractivity contribution in [1.29, 1.82) is 5.26 Å². The number of hydrogen-bond acceptors (Lipinski definition) is 6. The van der Waals surface area contributed by atoms with Crippen LogP contribution >= 0.6 is 38.9 Å². The monoisotopic (exact) mass is 610 g/mol. The second-order valence-corrected chi connectivity index (χ2v) is 10.8. The van der Waals surface area contributed by atoms with Crippen molar-refractivity contribution in [1.82, 2.24) is 14.8 Å². The van der Waals surface area contributed by atoms with Crippen LogP contribution in [0.5, 0.6) is 0 Å². The van der Waals surface area contributed by atoms with Gasteiger partial charge in [-0.3, -0.25) is 0 Å². The Morgan fingerprint density at radius 2 is 1.87 bits per heavy atom. The van der Waals surface area contributed by atoms with E-state index in [1.54, 1.807) is 40.4 Å². The molecule has 6 aromatic rings. The number of aromatic nitrogens is 3. The molecule has 0 aliphatic carbocycles. The zero-order chi connectivity index (χ0) is 26.9. The van der Waals surface area contributed by atoms with E-state index in [0.717, 1.165) is 26.7 Å². The number of fused-ring (bicyclic) bond motifs is 1. The minimum Gasteiger partial charge on any atom is -0.422 e. The van der Waals surface area contributed by atoms with Crippen LogP contribution in [0.25, 0.3) is 50.8 Å². The highest BCUT2D eigenvalue weighted by atomic mass is 79.9. The summed E-state index contributed by atoms with van der Waals surface area (Å²) in [6.45, 7) is 0. The van der Waals surface area contributed by atoms with E-state index in [0.29, 0.717) is 38.1 Å². The minimum absolute atomic E-state index is 0.333. The van der Waals surface area contributed by atoms with Gasteiger partial charge < -0.3 is 4.42 Å². The molecule has 0 unspecified atom stereocenters. The summed E-state index contributed by atoms with van der Waals surface area (Å²) in [6, 6.07) is 26.6. The molecule has 0 aliphatic heterocycles. The summed E-state index contributed by atoms with van der Waals surface area (Å²) in [7, 11) is 0. The summed E-state index contributed by atoms with van der Waals surface area (Å²) >= 11 is 10.8. The molecule has 0 aliphatic rings. The normalized spacial score (nSPS) is 11.6. The van der Waals surface area contributed by atoms with Crippen LogP contribution in [0.2, 0.25) is 5.02 Å². The van der Waals surface area contributed by atoms with Crippen molar-refractivity contribution in [2.75, 3.05) is 0 Å². The molecule has 0 radical (unpaired) electrons. The maximum atomic E-state index is 12.7. The molecule has 3 heterocycles. The third kappa shape index (κ3) is 5.08. The van der Waals surface area contributed by atoms with Gasteiger partial charge in [-0.2, -0.15) is 10.4 Å². The highest BCUT2D eigenvalue weighted by Crippen LogP contribution is 2.31. The SMILES string of the molecule is N#CC(=Cc1cn(-c2ccccc2)nc1-c1ccc(Cl)cc1)c1nc(-c2cc3cc(Br)ccc3oc2=O)cs1. The lowest BCUT2D eigenvalue weighted by atomic mass is 10.1. The highest BCUT2D eigenvalue weighted by molar-refractivity contribution is 9.10. The first-order valence-electron chi connectivity index (χ1n) is 11.7. The van der Waals surface area contributed by atoms with Crippen molar-refractivity contribution in [3.63, 3.8) is 0 Å². The fraction of sp³-hybridized carbons (Fsp3) is 0. The zero-order valence-electron chi connectivity index (χ0n) is 20.0. The van der Waals surface area contributed by atoms with Crippen molar-refractivity contribution in [3.05, 3.63) is 121 Å². The number of nitrogens with zero attached hydrogens (tertiary/aromatic N) is 4. The Hall–Kier alpha value is -4.29. The second kappa shape index (κ2) is 10.5. The van der Waals surface area contributed by atoms with Crippen molar-refractivity contribution >= 4 is 61.5 Å². The third-order valence-corrected chi connectivity index (χ3v) is 7.63. The molecule has 3 aromatic carbocycles. The van der Waals surface area contributed by atoms with Crippen LogP contribution in [-0.2, 0) is 0 Å². The first-order chi connectivity index (χ1) is 19.0. The quantitative estimate of drug-likeness (QED) is 0.145. The summed E-state index contributed by atoms with van der Waals surface area (Å²) in [5.41, 5.74) is 4.31. The molecule has 6 rings (SSSR count). The first-order valence-corrected chi connectivity index (χ1v) is 13.8. The van der Waals surface area contributed by atoms with Gasteiger partial charge in [0.05, 0.1) is 28.2 Å². The van der Waals surface area contributed by atoms with Gasteiger partial charge in [-0.1, -0.05) is 57.9 Å². The smallest absolute Gasteiger partial charge is 0.345 e. The van der Waals surface area contributed by atoms with E-state index >= 15 is 0 Å². The van der Waals surface area contributed by atoms with Gasteiger partial charge in [-0.15, -0.1) is 11.3 Å². The van der Waals surface area contributed by atoms with Gasteiger partial charge in [0.1, 0.15) is 16.7 Å². The van der Waals surface area contributed by atoms with Crippen LogP contribution < -0.4 is 5.63 Å². The van der Waals surface area contributed by atoms with E-state index in [-0.39, 0.29) is 0 Å². The minimum atomic E-state index is -0.488. The molecule has 0 atom stereocenters. The van der Waals surface area contributed by atoms with Crippen LogP contribution in [0.1, 0.15) is 10.6 Å². The number of thiazole rings is 1. The molecule has 0 bridgehead atoms. The lowest BCUT2D eigenvalue weighted by Crippen LogP contribution is -2.02. The maximum Gasteiger partial charge on any atom is 0.345 e. The second-order valence-electron chi connectivity index (χ2n) is 8.56.